The zero-order valence-corrected chi connectivity index (χ0v) is 20.3. The summed E-state index contributed by atoms with van der Waals surface area (Å²) >= 11 is 0. The van der Waals surface area contributed by atoms with Crippen molar-refractivity contribution in [2.24, 2.45) is 5.92 Å². The van der Waals surface area contributed by atoms with E-state index in [4.69, 9.17) is 14.5 Å². The zero-order valence-electron chi connectivity index (χ0n) is 20.3. The number of carbonyl (C=O) groups excluding carboxylic acids is 1. The number of aromatic nitrogens is 3. The quantitative estimate of drug-likeness (QED) is 0.534. The molecule has 2 aromatic rings. The molecule has 0 saturated heterocycles. The molecule has 2 aliphatic rings. The minimum absolute atomic E-state index is 0.185. The molecule has 33 heavy (non-hydrogen) atoms. The maximum Gasteiger partial charge on any atom is 0.274 e. The van der Waals surface area contributed by atoms with Gasteiger partial charge in [-0.15, -0.1) is 0 Å². The van der Waals surface area contributed by atoms with Crippen molar-refractivity contribution in [2.45, 2.75) is 70.9 Å². The van der Waals surface area contributed by atoms with Crippen LogP contribution in [0.1, 0.15) is 80.7 Å². The van der Waals surface area contributed by atoms with Crippen LogP contribution in [0.3, 0.4) is 0 Å². The van der Waals surface area contributed by atoms with Crippen molar-refractivity contribution in [3.05, 3.63) is 53.3 Å². The molecular weight excluding hydrogens is 416 g/mol. The van der Waals surface area contributed by atoms with Crippen molar-refractivity contribution in [3.8, 4) is 0 Å². The monoisotopic (exact) mass is 452 g/mol. The molecule has 0 spiro atoms. The molecule has 0 radical (unpaired) electrons. The van der Waals surface area contributed by atoms with Gasteiger partial charge in [0.15, 0.2) is 11.3 Å². The van der Waals surface area contributed by atoms with Crippen molar-refractivity contribution in [3.63, 3.8) is 0 Å². The number of nitrogens with one attached hydrogen (secondary N) is 1. The number of hydrogen-bond donors (Lipinski definition) is 1. The molecule has 178 valence electrons. The highest BCUT2D eigenvalue weighted by molar-refractivity contribution is 5.98. The number of amides is 1. The largest absolute Gasteiger partial charge is 0.378 e. The maximum atomic E-state index is 13.4. The van der Waals surface area contributed by atoms with Gasteiger partial charge in [0.2, 0.25) is 0 Å². The fourth-order valence-corrected chi connectivity index (χ4v) is 4.47. The predicted octanol–water partition coefficient (Wildman–Crippen LogP) is 4.58. The first-order chi connectivity index (χ1) is 15.9. The third kappa shape index (κ3) is 5.53. The van der Waals surface area contributed by atoms with Crippen molar-refractivity contribution >= 4 is 11.6 Å². The molecule has 2 heterocycles. The molecule has 1 amide bonds. The molecule has 2 aliphatic carbocycles. The molecular formula is C26H36N4O3. The first-order valence-electron chi connectivity index (χ1n) is 12.1. The van der Waals surface area contributed by atoms with Crippen molar-refractivity contribution in [1.82, 2.24) is 19.7 Å². The van der Waals surface area contributed by atoms with E-state index in [0.29, 0.717) is 30.5 Å². The predicted molar refractivity (Wildman–Crippen MR) is 128 cm³/mol. The number of ether oxygens (including phenoxy) is 2. The Balaban J connectivity index is 1.56. The summed E-state index contributed by atoms with van der Waals surface area (Å²) in [5.41, 5.74) is 3.68. The SMILES string of the molecule is CCCOCC1=CC(C(C)(C)NC(=O)c2ncn3c(C4CC4)cc(COC)nc23)CCC=C1. The second-order valence-electron chi connectivity index (χ2n) is 9.72. The number of rotatable bonds is 10. The van der Waals surface area contributed by atoms with E-state index in [2.05, 4.69) is 55.4 Å². The lowest BCUT2D eigenvalue weighted by Gasteiger charge is -2.33. The third-order valence-corrected chi connectivity index (χ3v) is 6.46. The number of allylic oxidation sites excluding steroid dienone is 1. The van der Waals surface area contributed by atoms with Crippen LogP contribution in [0.15, 0.2) is 36.2 Å². The molecule has 1 atom stereocenters. The highest BCUT2D eigenvalue weighted by atomic mass is 16.5. The van der Waals surface area contributed by atoms with Gasteiger partial charge >= 0.3 is 0 Å². The van der Waals surface area contributed by atoms with Crippen molar-refractivity contribution in [1.29, 1.82) is 0 Å². The topological polar surface area (TPSA) is 77.8 Å². The van der Waals surface area contributed by atoms with Gasteiger partial charge in [0, 0.05) is 30.9 Å². The lowest BCUT2D eigenvalue weighted by atomic mass is 9.83. The molecule has 1 N–H and O–H groups in total. The fourth-order valence-electron chi connectivity index (χ4n) is 4.47. The number of nitrogens with zero attached hydrogens (tertiary/aromatic N) is 3. The van der Waals surface area contributed by atoms with Gasteiger partial charge in [-0.2, -0.15) is 0 Å². The Bertz CT molecular complexity index is 1050. The summed E-state index contributed by atoms with van der Waals surface area (Å²) in [6, 6.07) is 2.08. The maximum absolute atomic E-state index is 13.4. The number of hydrogen-bond acceptors (Lipinski definition) is 5. The van der Waals surface area contributed by atoms with Crippen LogP contribution >= 0.6 is 0 Å². The molecule has 1 fully saturated rings. The zero-order chi connectivity index (χ0) is 23.4. The standard InChI is InChI=1S/C26H36N4O3/c1-5-12-33-15-18-8-6-7-9-20(13-18)26(2,3)29-25(31)23-24-28-21(16-32-4)14-22(19-10-11-19)30(24)17-27-23/h6,8,13-14,17,19-20H,5,7,9-12,15-16H2,1-4H3,(H,29,31). The summed E-state index contributed by atoms with van der Waals surface area (Å²) < 4.78 is 13.0. The van der Waals surface area contributed by atoms with Crippen LogP contribution in [0.5, 0.6) is 0 Å². The normalized spacial score (nSPS) is 18.9. The molecule has 7 nitrogen and oxygen atoms in total. The van der Waals surface area contributed by atoms with E-state index in [-0.39, 0.29) is 11.8 Å². The van der Waals surface area contributed by atoms with Gasteiger partial charge < -0.3 is 14.8 Å². The minimum Gasteiger partial charge on any atom is -0.378 e. The second-order valence-corrected chi connectivity index (χ2v) is 9.72. The molecule has 2 aromatic heterocycles. The van der Waals surface area contributed by atoms with Crippen LogP contribution in [0.4, 0.5) is 0 Å². The number of imidazole rings is 1. The minimum atomic E-state index is -0.446. The van der Waals surface area contributed by atoms with E-state index >= 15 is 0 Å². The molecule has 7 heteroatoms. The van der Waals surface area contributed by atoms with E-state index in [1.54, 1.807) is 13.4 Å². The van der Waals surface area contributed by atoms with Gasteiger partial charge in [0.25, 0.3) is 5.91 Å². The smallest absolute Gasteiger partial charge is 0.274 e. The highest BCUT2D eigenvalue weighted by Crippen LogP contribution is 2.40. The summed E-state index contributed by atoms with van der Waals surface area (Å²) in [7, 11) is 1.66. The molecule has 0 aromatic carbocycles. The van der Waals surface area contributed by atoms with E-state index in [0.717, 1.165) is 50.1 Å². The lowest BCUT2D eigenvalue weighted by molar-refractivity contribution is 0.0887. The molecule has 0 bridgehead atoms. The third-order valence-electron chi connectivity index (χ3n) is 6.46. The van der Waals surface area contributed by atoms with Crippen molar-refractivity contribution < 1.29 is 14.3 Å². The van der Waals surface area contributed by atoms with Gasteiger partial charge in [0.05, 0.1) is 18.9 Å². The van der Waals surface area contributed by atoms with Crippen molar-refractivity contribution in [2.75, 3.05) is 20.3 Å². The Morgan fingerprint density at radius 3 is 2.82 bits per heavy atom. The van der Waals surface area contributed by atoms with E-state index < -0.39 is 5.54 Å². The van der Waals surface area contributed by atoms with Crippen LogP contribution in [0, 0.1) is 5.92 Å². The first kappa shape index (κ1) is 23.6. The fraction of sp³-hybridized carbons (Fsp3) is 0.577. The van der Waals surface area contributed by atoms with Gasteiger partial charge in [-0.25, -0.2) is 9.97 Å². The first-order valence-corrected chi connectivity index (χ1v) is 12.1. The summed E-state index contributed by atoms with van der Waals surface area (Å²) in [5, 5.41) is 3.25. The van der Waals surface area contributed by atoms with E-state index in [9.17, 15) is 4.79 Å². The molecule has 1 unspecified atom stereocenters. The Morgan fingerprint density at radius 1 is 1.27 bits per heavy atom. The average molecular weight is 453 g/mol. The number of fused-ring (bicyclic) bond motifs is 1. The average Bonchev–Trinajstić information content (AvgIpc) is 3.57. The second kappa shape index (κ2) is 10.2. The summed E-state index contributed by atoms with van der Waals surface area (Å²) in [4.78, 5) is 22.6. The van der Waals surface area contributed by atoms with E-state index in [1.165, 1.54) is 5.57 Å². The molecule has 0 aliphatic heterocycles. The Morgan fingerprint density at radius 2 is 2.09 bits per heavy atom. The Labute approximate surface area is 196 Å². The lowest BCUT2D eigenvalue weighted by Crippen LogP contribution is -2.48. The van der Waals surface area contributed by atoms with Gasteiger partial charge in [0.1, 0.15) is 6.33 Å². The van der Waals surface area contributed by atoms with E-state index in [1.807, 2.05) is 4.40 Å². The molecule has 1 saturated carbocycles. The van der Waals surface area contributed by atoms with Crippen LogP contribution < -0.4 is 5.32 Å². The van der Waals surface area contributed by atoms with Gasteiger partial charge in [-0.05, 0) is 63.5 Å². The highest BCUT2D eigenvalue weighted by Gasteiger charge is 2.33. The number of methoxy groups -OCH3 is 1. The van der Waals surface area contributed by atoms with Gasteiger partial charge in [-0.1, -0.05) is 25.2 Å². The Kier molecular flexibility index (Phi) is 7.29. The van der Waals surface area contributed by atoms with Gasteiger partial charge in [-0.3, -0.25) is 9.20 Å². The summed E-state index contributed by atoms with van der Waals surface area (Å²) in [5.74, 6) is 0.495. The van der Waals surface area contributed by atoms with Crippen LogP contribution in [-0.4, -0.2) is 46.1 Å². The summed E-state index contributed by atoms with van der Waals surface area (Å²) in [6.45, 7) is 8.05. The molecule has 4 rings (SSSR count). The van der Waals surface area contributed by atoms with Crippen LogP contribution in [-0.2, 0) is 16.1 Å². The summed E-state index contributed by atoms with van der Waals surface area (Å²) in [6.07, 6.45) is 13.6. The van der Waals surface area contributed by atoms with Crippen LogP contribution in [0.2, 0.25) is 0 Å². The number of carbonyl (C=O) groups is 1. The Hall–Kier alpha value is -2.51. The van der Waals surface area contributed by atoms with Crippen LogP contribution in [0.25, 0.3) is 5.65 Å².